The van der Waals surface area contributed by atoms with Crippen molar-refractivity contribution < 1.29 is 4.79 Å². The molecule has 0 heterocycles. The molecule has 0 amide bonds. The average molecular weight is 267 g/mol. The minimum atomic E-state index is 0.249. The number of carbonyl (C=O) groups is 1. The number of carbonyl (C=O) groups excluding carboxylic acids is 1. The van der Waals surface area contributed by atoms with Crippen LogP contribution in [0.5, 0.6) is 0 Å². The lowest BCUT2D eigenvalue weighted by atomic mass is 10.1. The summed E-state index contributed by atoms with van der Waals surface area (Å²) in [5.41, 5.74) is 3.43. The van der Waals surface area contributed by atoms with Crippen molar-refractivity contribution in [3.63, 3.8) is 0 Å². The lowest BCUT2D eigenvalue weighted by Gasteiger charge is -2.22. The molecule has 104 valence electrons. The number of likely N-dealkylation sites (N-methyl/N-ethyl adjacent to an activating group) is 1. The number of ketones is 1. The molecule has 0 bridgehead atoms. The Bertz CT molecular complexity index is 545. The van der Waals surface area contributed by atoms with Gasteiger partial charge in [0, 0.05) is 18.7 Å². The number of hydrogen-bond donors (Lipinski definition) is 0. The predicted molar refractivity (Wildman–Crippen MR) is 84.2 cm³/mol. The molecule has 0 saturated heterocycles. The third-order valence-electron chi connectivity index (χ3n) is 3.39. The van der Waals surface area contributed by atoms with Crippen LogP contribution in [0.25, 0.3) is 0 Å². The molecule has 0 aliphatic carbocycles. The van der Waals surface area contributed by atoms with E-state index in [0.29, 0.717) is 13.0 Å². The van der Waals surface area contributed by atoms with Crippen molar-refractivity contribution in [3.05, 3.63) is 65.7 Å². The number of Topliss-reactive ketones (excluding diaryl/α,β-unsaturated/α-hetero) is 1. The van der Waals surface area contributed by atoms with Gasteiger partial charge in [-0.1, -0.05) is 48.0 Å². The molecule has 0 fully saturated rings. The highest BCUT2D eigenvalue weighted by Gasteiger charge is 2.10. The molecule has 0 aromatic heterocycles. The van der Waals surface area contributed by atoms with E-state index in [2.05, 4.69) is 43.0 Å². The predicted octanol–water partition coefficient (Wildman–Crippen LogP) is 3.63. The second-order valence-electron chi connectivity index (χ2n) is 5.05. The fourth-order valence-corrected chi connectivity index (χ4v) is 2.23. The second kappa shape index (κ2) is 6.90. The number of rotatable bonds is 6. The second-order valence-corrected chi connectivity index (χ2v) is 5.05. The Morgan fingerprint density at radius 3 is 2.25 bits per heavy atom. The Morgan fingerprint density at radius 1 is 1.00 bits per heavy atom. The van der Waals surface area contributed by atoms with E-state index >= 15 is 0 Å². The summed E-state index contributed by atoms with van der Waals surface area (Å²) in [5.74, 6) is 0.249. The van der Waals surface area contributed by atoms with Gasteiger partial charge in [0.15, 0.2) is 5.78 Å². The topological polar surface area (TPSA) is 20.3 Å². The van der Waals surface area contributed by atoms with Crippen molar-refractivity contribution in [2.45, 2.75) is 20.3 Å². The first kappa shape index (κ1) is 14.3. The summed E-state index contributed by atoms with van der Waals surface area (Å²) < 4.78 is 0. The van der Waals surface area contributed by atoms with Crippen molar-refractivity contribution >= 4 is 11.5 Å². The number of aryl methyl sites for hydroxylation is 1. The van der Waals surface area contributed by atoms with Crippen molar-refractivity contribution in [2.75, 3.05) is 18.0 Å². The monoisotopic (exact) mass is 267 g/mol. The van der Waals surface area contributed by atoms with Gasteiger partial charge in [0.1, 0.15) is 0 Å². The highest BCUT2D eigenvalue weighted by atomic mass is 16.1. The zero-order chi connectivity index (χ0) is 14.4. The SMILES string of the molecule is CCN(CC(=O)Cc1ccccc1)c1ccc(C)cc1. The molecule has 0 aliphatic rings. The van der Waals surface area contributed by atoms with Crippen LogP contribution in [0.4, 0.5) is 5.69 Å². The molecular formula is C18H21NO. The van der Waals surface area contributed by atoms with Crippen LogP contribution in [0, 0.1) is 6.92 Å². The Kier molecular flexibility index (Phi) is 4.94. The quantitative estimate of drug-likeness (QED) is 0.796. The zero-order valence-corrected chi connectivity index (χ0v) is 12.2. The Morgan fingerprint density at radius 2 is 1.65 bits per heavy atom. The van der Waals surface area contributed by atoms with Gasteiger partial charge in [0.2, 0.25) is 0 Å². The van der Waals surface area contributed by atoms with E-state index < -0.39 is 0 Å². The molecule has 2 nitrogen and oxygen atoms in total. The standard InChI is InChI=1S/C18H21NO/c1-3-19(17-11-9-15(2)10-12-17)14-18(20)13-16-7-5-4-6-8-16/h4-12H,3,13-14H2,1-2H3. The van der Waals surface area contributed by atoms with E-state index in [-0.39, 0.29) is 5.78 Å². The van der Waals surface area contributed by atoms with E-state index in [1.165, 1.54) is 5.56 Å². The maximum atomic E-state index is 12.2. The highest BCUT2D eigenvalue weighted by molar-refractivity contribution is 5.85. The summed E-state index contributed by atoms with van der Waals surface area (Å²) in [6.07, 6.45) is 0.503. The van der Waals surface area contributed by atoms with E-state index in [1.807, 2.05) is 30.3 Å². The molecule has 20 heavy (non-hydrogen) atoms. The summed E-state index contributed by atoms with van der Waals surface area (Å²) in [4.78, 5) is 14.3. The van der Waals surface area contributed by atoms with Gasteiger partial charge in [-0.2, -0.15) is 0 Å². The minimum Gasteiger partial charge on any atom is -0.364 e. The van der Waals surface area contributed by atoms with Crippen LogP contribution in [0.1, 0.15) is 18.1 Å². The van der Waals surface area contributed by atoms with E-state index in [9.17, 15) is 4.79 Å². The van der Waals surface area contributed by atoms with Crippen molar-refractivity contribution in [2.24, 2.45) is 0 Å². The van der Waals surface area contributed by atoms with E-state index in [1.54, 1.807) is 0 Å². The van der Waals surface area contributed by atoms with Crippen molar-refractivity contribution in [3.8, 4) is 0 Å². The largest absolute Gasteiger partial charge is 0.364 e. The Balaban J connectivity index is 1.99. The third-order valence-corrected chi connectivity index (χ3v) is 3.39. The fourth-order valence-electron chi connectivity index (χ4n) is 2.23. The molecule has 2 aromatic rings. The normalized spacial score (nSPS) is 10.3. The van der Waals surface area contributed by atoms with Crippen LogP contribution < -0.4 is 4.90 Å². The first-order valence-electron chi connectivity index (χ1n) is 7.06. The van der Waals surface area contributed by atoms with Crippen molar-refractivity contribution in [1.82, 2.24) is 0 Å². The van der Waals surface area contributed by atoms with Gasteiger partial charge in [-0.3, -0.25) is 4.79 Å². The van der Waals surface area contributed by atoms with E-state index in [4.69, 9.17) is 0 Å². The van der Waals surface area contributed by atoms with Crippen molar-refractivity contribution in [1.29, 1.82) is 0 Å². The number of nitrogens with zero attached hydrogens (tertiary/aromatic N) is 1. The molecule has 2 heteroatoms. The molecule has 0 atom stereocenters. The van der Waals surface area contributed by atoms with Gasteiger partial charge in [-0.15, -0.1) is 0 Å². The lowest BCUT2D eigenvalue weighted by Crippen LogP contribution is -2.30. The van der Waals surface area contributed by atoms with Gasteiger partial charge in [0.05, 0.1) is 6.54 Å². The molecule has 2 rings (SSSR count). The Labute approximate surface area is 121 Å². The summed E-state index contributed by atoms with van der Waals surface area (Å²) in [7, 11) is 0. The molecule has 2 aromatic carbocycles. The minimum absolute atomic E-state index is 0.249. The molecule has 0 radical (unpaired) electrons. The van der Waals surface area contributed by atoms with Gasteiger partial charge in [0.25, 0.3) is 0 Å². The maximum absolute atomic E-state index is 12.2. The first-order chi connectivity index (χ1) is 9.69. The van der Waals surface area contributed by atoms with Gasteiger partial charge in [-0.25, -0.2) is 0 Å². The van der Waals surface area contributed by atoms with Crippen LogP contribution in [0.15, 0.2) is 54.6 Å². The number of hydrogen-bond acceptors (Lipinski definition) is 2. The molecule has 0 aliphatic heterocycles. The molecular weight excluding hydrogens is 246 g/mol. The maximum Gasteiger partial charge on any atom is 0.156 e. The van der Waals surface area contributed by atoms with Gasteiger partial charge in [-0.05, 0) is 31.5 Å². The van der Waals surface area contributed by atoms with Crippen LogP contribution in [0.3, 0.4) is 0 Å². The zero-order valence-electron chi connectivity index (χ0n) is 12.2. The molecule has 0 saturated carbocycles. The van der Waals surface area contributed by atoms with E-state index in [0.717, 1.165) is 17.8 Å². The fraction of sp³-hybridized carbons (Fsp3) is 0.278. The number of anilines is 1. The highest BCUT2D eigenvalue weighted by Crippen LogP contribution is 2.15. The summed E-state index contributed by atoms with van der Waals surface area (Å²) in [6.45, 7) is 5.45. The number of benzene rings is 2. The molecule has 0 unspecified atom stereocenters. The molecule has 0 N–H and O–H groups in total. The van der Waals surface area contributed by atoms with Crippen LogP contribution in [-0.2, 0) is 11.2 Å². The first-order valence-corrected chi connectivity index (χ1v) is 7.06. The van der Waals surface area contributed by atoms with Gasteiger partial charge < -0.3 is 4.90 Å². The third kappa shape index (κ3) is 3.95. The smallest absolute Gasteiger partial charge is 0.156 e. The van der Waals surface area contributed by atoms with Gasteiger partial charge >= 0.3 is 0 Å². The lowest BCUT2D eigenvalue weighted by molar-refractivity contribution is -0.117. The Hall–Kier alpha value is -2.09. The summed E-state index contributed by atoms with van der Waals surface area (Å²) in [5, 5.41) is 0. The van der Waals surface area contributed by atoms with Crippen LogP contribution in [0.2, 0.25) is 0 Å². The molecule has 0 spiro atoms. The summed E-state index contributed by atoms with van der Waals surface area (Å²) in [6, 6.07) is 18.2. The average Bonchev–Trinajstić information content (AvgIpc) is 2.47. The summed E-state index contributed by atoms with van der Waals surface area (Å²) >= 11 is 0. The van der Waals surface area contributed by atoms with Crippen LogP contribution >= 0.6 is 0 Å². The van der Waals surface area contributed by atoms with Crippen LogP contribution in [-0.4, -0.2) is 18.9 Å².